The van der Waals surface area contributed by atoms with Crippen LogP contribution in [0.15, 0.2) is 66.7 Å². The first-order chi connectivity index (χ1) is 23.2. The molecule has 2 saturated heterocycles. The van der Waals surface area contributed by atoms with Crippen LogP contribution in [0, 0.1) is 0 Å². The summed E-state index contributed by atoms with van der Waals surface area (Å²) in [6, 6.07) is 24.0. The van der Waals surface area contributed by atoms with E-state index in [2.05, 4.69) is 134 Å². The molecule has 49 heavy (non-hydrogen) atoms. The molecule has 6 nitrogen and oxygen atoms in total. The van der Waals surface area contributed by atoms with Gasteiger partial charge in [0.1, 0.15) is 5.82 Å². The molecule has 0 radical (unpaired) electrons. The monoisotopic (exact) mass is 658 g/mol. The Morgan fingerprint density at radius 1 is 0.571 bits per heavy atom. The first-order valence-electron chi connectivity index (χ1n) is 18.4. The van der Waals surface area contributed by atoms with Gasteiger partial charge in [0.15, 0.2) is 0 Å². The van der Waals surface area contributed by atoms with Crippen LogP contribution in [0.25, 0.3) is 44.0 Å². The molecule has 256 valence electrons. The van der Waals surface area contributed by atoms with Crippen molar-refractivity contribution in [2.24, 2.45) is 0 Å². The van der Waals surface area contributed by atoms with Gasteiger partial charge in [-0.05, 0) is 83.5 Å². The van der Waals surface area contributed by atoms with Crippen molar-refractivity contribution in [3.63, 3.8) is 0 Å². The van der Waals surface area contributed by atoms with Crippen LogP contribution < -0.4 is 10.9 Å². The van der Waals surface area contributed by atoms with Crippen molar-refractivity contribution in [3.05, 3.63) is 66.7 Å². The first kappa shape index (κ1) is 34.3. The quantitative estimate of drug-likeness (QED) is 0.0852. The van der Waals surface area contributed by atoms with E-state index in [1.807, 2.05) is 0 Å². The summed E-state index contributed by atoms with van der Waals surface area (Å²) in [5.41, 5.74) is 3.61. The van der Waals surface area contributed by atoms with Gasteiger partial charge in [0.2, 0.25) is 0 Å². The molecule has 3 heterocycles. The molecule has 0 unspecified atom stereocenters. The molecule has 4 aromatic carbocycles. The summed E-state index contributed by atoms with van der Waals surface area (Å²) in [4.78, 5) is 5.51. The minimum atomic E-state index is -0.454. The van der Waals surface area contributed by atoms with E-state index in [4.69, 9.17) is 23.6 Å². The van der Waals surface area contributed by atoms with E-state index in [-0.39, 0.29) is 0 Å². The van der Waals surface area contributed by atoms with E-state index in [1.54, 1.807) is 0 Å². The summed E-state index contributed by atoms with van der Waals surface area (Å²) in [7, 11) is -0.904. The minimum absolute atomic E-state index is 0.421. The van der Waals surface area contributed by atoms with Crippen molar-refractivity contribution in [1.29, 1.82) is 0 Å². The molecule has 5 aromatic rings. The van der Waals surface area contributed by atoms with Gasteiger partial charge in [-0.3, -0.25) is 0 Å². The fraction of sp³-hybridized carbons (Fsp3) is 0.488. The van der Waals surface area contributed by atoms with Crippen LogP contribution in [-0.4, -0.2) is 46.2 Å². The van der Waals surface area contributed by atoms with E-state index in [0.717, 1.165) is 57.1 Å². The largest absolute Gasteiger partial charge is 0.494 e. The molecule has 8 heteroatoms. The van der Waals surface area contributed by atoms with E-state index in [0.29, 0.717) is 0 Å². The lowest BCUT2D eigenvalue weighted by Gasteiger charge is -2.32. The Kier molecular flexibility index (Phi) is 8.79. The molecular formula is C41H52B2N2O4. The number of nitrogens with zero attached hydrogens (tertiary/aromatic N) is 2. The Labute approximate surface area is 293 Å². The van der Waals surface area contributed by atoms with E-state index in [1.165, 1.54) is 42.9 Å². The number of benzene rings is 4. The summed E-state index contributed by atoms with van der Waals surface area (Å²) >= 11 is 0. The van der Waals surface area contributed by atoms with Crippen LogP contribution in [0.3, 0.4) is 0 Å². The molecule has 1 aromatic heterocycles. The summed E-state index contributed by atoms with van der Waals surface area (Å²) in [5, 5.41) is 4.62. The van der Waals surface area contributed by atoms with Crippen molar-refractivity contribution in [3.8, 4) is 11.4 Å². The maximum absolute atomic E-state index is 6.55. The summed E-state index contributed by atoms with van der Waals surface area (Å²) in [6.45, 7) is 20.0. The zero-order chi connectivity index (χ0) is 34.8. The van der Waals surface area contributed by atoms with Crippen molar-refractivity contribution >= 4 is 57.7 Å². The van der Waals surface area contributed by atoms with E-state index in [9.17, 15) is 0 Å². The predicted molar refractivity (Wildman–Crippen MR) is 205 cm³/mol. The molecule has 0 saturated carbocycles. The first-order valence-corrected chi connectivity index (χ1v) is 18.4. The second-order valence-electron chi connectivity index (χ2n) is 16.2. The average molecular weight is 659 g/mol. The second kappa shape index (κ2) is 12.6. The van der Waals surface area contributed by atoms with Crippen LogP contribution in [0.4, 0.5) is 0 Å². The Morgan fingerprint density at radius 2 is 1.06 bits per heavy atom. The highest BCUT2D eigenvalue weighted by Gasteiger charge is 2.53. The Morgan fingerprint density at radius 3 is 1.61 bits per heavy atom. The van der Waals surface area contributed by atoms with Gasteiger partial charge in [-0.25, -0.2) is 4.98 Å². The number of imidazole rings is 1. The van der Waals surface area contributed by atoms with E-state index >= 15 is 0 Å². The van der Waals surface area contributed by atoms with Gasteiger partial charge >= 0.3 is 14.2 Å². The van der Waals surface area contributed by atoms with Crippen LogP contribution in [0.1, 0.15) is 101 Å². The molecule has 0 amide bonds. The third-order valence-electron chi connectivity index (χ3n) is 11.7. The standard InChI is InChI=1S/C41H52B2N2O4/c1-10-11-12-13-14-18-25-45-36-34-27-30(43-48-40(6,7)41(8,9)49-43)22-24-32(34)31-23-21-29(42-46-38(2,3)39(4,5)47-42)26-33(31)35(36)44-37(45)28-19-16-15-17-20-28/h15-17,19-24,26-27H,10-14,18,25H2,1-9H3. The van der Waals surface area contributed by atoms with Gasteiger partial charge < -0.3 is 23.2 Å². The van der Waals surface area contributed by atoms with Gasteiger partial charge in [0.05, 0.1) is 33.4 Å². The maximum atomic E-state index is 6.55. The van der Waals surface area contributed by atoms with E-state index < -0.39 is 36.6 Å². The highest BCUT2D eigenvalue weighted by atomic mass is 16.7. The number of hydrogen-bond donors (Lipinski definition) is 0. The highest BCUT2D eigenvalue weighted by Crippen LogP contribution is 2.41. The molecule has 2 fully saturated rings. The summed E-state index contributed by atoms with van der Waals surface area (Å²) in [5.74, 6) is 1.00. The van der Waals surface area contributed by atoms with Crippen molar-refractivity contribution < 1.29 is 18.6 Å². The lowest BCUT2D eigenvalue weighted by atomic mass is 9.76. The van der Waals surface area contributed by atoms with Crippen molar-refractivity contribution in [2.45, 2.75) is 130 Å². The van der Waals surface area contributed by atoms with Crippen molar-refractivity contribution in [1.82, 2.24) is 9.55 Å². The Balaban J connectivity index is 1.44. The van der Waals surface area contributed by atoms with Gasteiger partial charge in [0.25, 0.3) is 0 Å². The van der Waals surface area contributed by atoms with Crippen LogP contribution >= 0.6 is 0 Å². The molecule has 0 N–H and O–H groups in total. The molecule has 2 aliphatic heterocycles. The maximum Gasteiger partial charge on any atom is 0.494 e. The second-order valence-corrected chi connectivity index (χ2v) is 16.2. The highest BCUT2D eigenvalue weighted by molar-refractivity contribution is 6.63. The number of unbranched alkanes of at least 4 members (excludes halogenated alkanes) is 5. The van der Waals surface area contributed by atoms with Gasteiger partial charge in [-0.1, -0.05) is 106 Å². The molecule has 0 atom stereocenters. The van der Waals surface area contributed by atoms with Crippen LogP contribution in [-0.2, 0) is 25.2 Å². The molecule has 0 aliphatic carbocycles. The zero-order valence-electron chi connectivity index (χ0n) is 31.0. The third kappa shape index (κ3) is 6.03. The minimum Gasteiger partial charge on any atom is -0.399 e. The van der Waals surface area contributed by atoms with Crippen molar-refractivity contribution in [2.75, 3.05) is 0 Å². The third-order valence-corrected chi connectivity index (χ3v) is 11.7. The Hall–Kier alpha value is -3.16. The van der Waals surface area contributed by atoms with Gasteiger partial charge in [-0.2, -0.15) is 0 Å². The average Bonchev–Trinajstić information content (AvgIpc) is 3.63. The van der Waals surface area contributed by atoms with Crippen LogP contribution in [0.2, 0.25) is 0 Å². The lowest BCUT2D eigenvalue weighted by molar-refractivity contribution is 0.00578. The number of aromatic nitrogens is 2. The lowest BCUT2D eigenvalue weighted by Crippen LogP contribution is -2.41. The van der Waals surface area contributed by atoms with Gasteiger partial charge in [-0.15, -0.1) is 0 Å². The molecular weight excluding hydrogens is 606 g/mol. The molecule has 7 rings (SSSR count). The molecule has 2 aliphatic rings. The topological polar surface area (TPSA) is 54.7 Å². The zero-order valence-corrected chi connectivity index (χ0v) is 31.0. The molecule has 0 bridgehead atoms. The smallest absolute Gasteiger partial charge is 0.399 e. The summed E-state index contributed by atoms with van der Waals surface area (Å²) in [6.07, 6.45) is 7.40. The predicted octanol–water partition coefficient (Wildman–Crippen LogP) is 8.97. The number of fused-ring (bicyclic) bond motifs is 6. The fourth-order valence-electron chi connectivity index (χ4n) is 7.23. The fourth-order valence-corrected chi connectivity index (χ4v) is 7.23. The van der Waals surface area contributed by atoms with Crippen LogP contribution in [0.5, 0.6) is 0 Å². The Bertz CT molecular complexity index is 1970. The number of aryl methyl sites for hydroxylation is 1. The SMILES string of the molecule is CCCCCCCCn1c(-c2ccccc2)nc2c3cc(B4OC(C)(C)C(C)(C)O4)ccc3c3ccc(B4OC(C)(C)C(C)(C)O4)cc3c21. The summed E-state index contributed by atoms with van der Waals surface area (Å²) < 4.78 is 28.6. The molecule has 0 spiro atoms. The normalized spacial score (nSPS) is 19.5. The number of rotatable bonds is 10. The number of hydrogen-bond acceptors (Lipinski definition) is 5. The van der Waals surface area contributed by atoms with Gasteiger partial charge in [0, 0.05) is 22.9 Å².